The van der Waals surface area contributed by atoms with Gasteiger partial charge in [-0.25, -0.2) is 4.98 Å². The molecule has 0 fully saturated rings. The van der Waals surface area contributed by atoms with Crippen molar-refractivity contribution in [3.8, 4) is 0 Å². The first-order chi connectivity index (χ1) is 7.76. The molecular formula is C13H22N2S. The molecule has 1 atom stereocenters. The van der Waals surface area contributed by atoms with Crippen LogP contribution in [0.3, 0.4) is 0 Å². The molecule has 0 amide bonds. The van der Waals surface area contributed by atoms with E-state index < -0.39 is 0 Å². The van der Waals surface area contributed by atoms with E-state index in [1.807, 2.05) is 6.08 Å². The lowest BCUT2D eigenvalue weighted by molar-refractivity contribution is 0.480. The summed E-state index contributed by atoms with van der Waals surface area (Å²) < 4.78 is 0. The first kappa shape index (κ1) is 13.4. The van der Waals surface area contributed by atoms with Crippen molar-refractivity contribution in [1.82, 2.24) is 10.3 Å². The molecule has 1 N–H and O–H groups in total. The molecule has 0 radical (unpaired) electrons. The number of aromatic nitrogens is 1. The summed E-state index contributed by atoms with van der Waals surface area (Å²) in [5.41, 5.74) is 1.14. The maximum absolute atomic E-state index is 4.52. The van der Waals surface area contributed by atoms with Crippen molar-refractivity contribution in [3.05, 3.63) is 28.7 Å². The Morgan fingerprint density at radius 2 is 2.44 bits per heavy atom. The van der Waals surface area contributed by atoms with Crippen LogP contribution in [0.25, 0.3) is 0 Å². The molecule has 0 bridgehead atoms. The van der Waals surface area contributed by atoms with Gasteiger partial charge in [0.25, 0.3) is 0 Å². The van der Waals surface area contributed by atoms with Gasteiger partial charge in [-0.05, 0) is 32.7 Å². The van der Waals surface area contributed by atoms with E-state index in [1.54, 1.807) is 11.3 Å². The molecule has 1 aromatic heterocycles. The number of thiazole rings is 1. The molecule has 0 aliphatic rings. The highest BCUT2D eigenvalue weighted by Crippen LogP contribution is 2.13. The number of allylic oxidation sites excluding steroid dienone is 1. The van der Waals surface area contributed by atoms with Crippen LogP contribution in [-0.4, -0.2) is 17.6 Å². The molecule has 1 aromatic rings. The summed E-state index contributed by atoms with van der Waals surface area (Å²) in [4.78, 5) is 4.52. The number of hydrogen-bond donors (Lipinski definition) is 1. The lowest BCUT2D eigenvalue weighted by Gasteiger charge is -2.16. The first-order valence-electron chi connectivity index (χ1n) is 6.01. The molecule has 0 aromatic carbocycles. The second kappa shape index (κ2) is 7.58. The maximum atomic E-state index is 4.52. The van der Waals surface area contributed by atoms with E-state index in [0.29, 0.717) is 6.04 Å². The molecule has 3 heteroatoms. The van der Waals surface area contributed by atoms with Crippen LogP contribution in [0.2, 0.25) is 0 Å². The van der Waals surface area contributed by atoms with Crippen molar-refractivity contribution in [3.63, 3.8) is 0 Å². The summed E-state index contributed by atoms with van der Waals surface area (Å²) >= 11 is 1.77. The number of hydrogen-bond acceptors (Lipinski definition) is 3. The van der Waals surface area contributed by atoms with Crippen molar-refractivity contribution in [1.29, 1.82) is 0 Å². The molecule has 1 rings (SSSR count). The van der Waals surface area contributed by atoms with E-state index in [4.69, 9.17) is 0 Å². The predicted octanol–water partition coefficient (Wildman–Crippen LogP) is 3.33. The predicted molar refractivity (Wildman–Crippen MR) is 72.1 cm³/mol. The number of aryl methyl sites for hydroxylation is 1. The van der Waals surface area contributed by atoms with Crippen molar-refractivity contribution < 1.29 is 0 Å². The lowest BCUT2D eigenvalue weighted by atomic mass is 10.1. The minimum Gasteiger partial charge on any atom is -0.314 e. The molecule has 0 spiro atoms. The van der Waals surface area contributed by atoms with Gasteiger partial charge in [0.05, 0.1) is 5.01 Å². The molecular weight excluding hydrogens is 216 g/mol. The largest absolute Gasteiger partial charge is 0.314 e. The summed E-state index contributed by atoms with van der Waals surface area (Å²) in [5, 5.41) is 6.95. The van der Waals surface area contributed by atoms with Gasteiger partial charge in [0.1, 0.15) is 0 Å². The smallest absolute Gasteiger partial charge is 0.0943 e. The second-order valence-electron chi connectivity index (χ2n) is 4.10. The fraction of sp³-hybridized carbons (Fsp3) is 0.615. The zero-order valence-corrected chi connectivity index (χ0v) is 11.1. The summed E-state index contributed by atoms with van der Waals surface area (Å²) in [6.07, 6.45) is 6.45. The summed E-state index contributed by atoms with van der Waals surface area (Å²) in [6, 6.07) is 0.545. The molecule has 1 heterocycles. The van der Waals surface area contributed by atoms with E-state index in [9.17, 15) is 0 Å². The maximum Gasteiger partial charge on any atom is 0.0943 e. The van der Waals surface area contributed by atoms with E-state index in [0.717, 1.165) is 31.5 Å². The Morgan fingerprint density at radius 3 is 3.00 bits per heavy atom. The third kappa shape index (κ3) is 4.90. The number of nitrogens with zero attached hydrogens (tertiary/aromatic N) is 1. The zero-order valence-electron chi connectivity index (χ0n) is 10.3. The number of rotatable bonds is 8. The fourth-order valence-electron chi connectivity index (χ4n) is 1.65. The highest BCUT2D eigenvalue weighted by Gasteiger charge is 2.10. The van der Waals surface area contributed by atoms with Gasteiger partial charge in [0.15, 0.2) is 0 Å². The first-order valence-corrected chi connectivity index (χ1v) is 6.89. The average molecular weight is 238 g/mol. The van der Waals surface area contributed by atoms with Gasteiger partial charge in [-0.2, -0.15) is 0 Å². The highest BCUT2D eigenvalue weighted by molar-refractivity contribution is 7.09. The molecule has 0 saturated carbocycles. The van der Waals surface area contributed by atoms with Gasteiger partial charge in [0.2, 0.25) is 0 Å². The van der Waals surface area contributed by atoms with Crippen LogP contribution in [0, 0.1) is 6.92 Å². The SMILES string of the molecule is C=CCCC(Cc1nc(C)cs1)NCCC. The van der Waals surface area contributed by atoms with Gasteiger partial charge in [-0.15, -0.1) is 17.9 Å². The van der Waals surface area contributed by atoms with Crippen LogP contribution in [0.5, 0.6) is 0 Å². The third-order valence-electron chi connectivity index (χ3n) is 2.49. The van der Waals surface area contributed by atoms with Gasteiger partial charge in [-0.1, -0.05) is 13.0 Å². The van der Waals surface area contributed by atoms with E-state index >= 15 is 0 Å². The normalized spacial score (nSPS) is 12.6. The second-order valence-corrected chi connectivity index (χ2v) is 5.05. The minimum absolute atomic E-state index is 0.545. The molecule has 0 saturated heterocycles. The summed E-state index contributed by atoms with van der Waals surface area (Å²) in [7, 11) is 0. The third-order valence-corrected chi connectivity index (χ3v) is 3.48. The van der Waals surface area contributed by atoms with E-state index in [1.165, 1.54) is 11.4 Å². The van der Waals surface area contributed by atoms with Crippen LogP contribution in [0.4, 0.5) is 0 Å². The van der Waals surface area contributed by atoms with Crippen LogP contribution < -0.4 is 5.32 Å². The van der Waals surface area contributed by atoms with Crippen LogP contribution >= 0.6 is 11.3 Å². The Hall–Kier alpha value is -0.670. The van der Waals surface area contributed by atoms with E-state index in [2.05, 4.69) is 36.1 Å². The van der Waals surface area contributed by atoms with Gasteiger partial charge >= 0.3 is 0 Å². The van der Waals surface area contributed by atoms with Gasteiger partial charge < -0.3 is 5.32 Å². The summed E-state index contributed by atoms with van der Waals surface area (Å²) in [5.74, 6) is 0. The van der Waals surface area contributed by atoms with Gasteiger partial charge in [-0.3, -0.25) is 0 Å². The Kier molecular flexibility index (Phi) is 6.34. The van der Waals surface area contributed by atoms with Crippen LogP contribution in [0.1, 0.15) is 36.9 Å². The molecule has 90 valence electrons. The Labute approximate surface area is 103 Å². The van der Waals surface area contributed by atoms with Crippen molar-refractivity contribution >= 4 is 11.3 Å². The molecule has 2 nitrogen and oxygen atoms in total. The minimum atomic E-state index is 0.545. The Balaban J connectivity index is 2.44. The monoisotopic (exact) mass is 238 g/mol. The molecule has 0 aliphatic heterocycles. The van der Waals surface area contributed by atoms with Crippen molar-refractivity contribution in [2.24, 2.45) is 0 Å². The van der Waals surface area contributed by atoms with Crippen LogP contribution in [-0.2, 0) is 6.42 Å². The van der Waals surface area contributed by atoms with E-state index in [-0.39, 0.29) is 0 Å². The quantitative estimate of drug-likeness (QED) is 0.703. The molecule has 16 heavy (non-hydrogen) atoms. The van der Waals surface area contributed by atoms with Crippen molar-refractivity contribution in [2.45, 2.75) is 45.6 Å². The molecule has 0 aliphatic carbocycles. The standard InChI is InChI=1S/C13H22N2S/c1-4-6-7-12(14-8-5-2)9-13-15-11(3)10-16-13/h4,10,12,14H,1,5-9H2,2-3H3. The lowest BCUT2D eigenvalue weighted by Crippen LogP contribution is -2.31. The zero-order chi connectivity index (χ0) is 11.8. The fourth-order valence-corrected chi connectivity index (χ4v) is 2.50. The topological polar surface area (TPSA) is 24.9 Å². The van der Waals surface area contributed by atoms with Gasteiger partial charge in [0, 0.05) is 23.5 Å². The molecule has 1 unspecified atom stereocenters. The Bertz CT molecular complexity index is 307. The van der Waals surface area contributed by atoms with Crippen LogP contribution in [0.15, 0.2) is 18.0 Å². The number of nitrogens with one attached hydrogen (secondary N) is 1. The highest BCUT2D eigenvalue weighted by atomic mass is 32.1. The summed E-state index contributed by atoms with van der Waals surface area (Å²) in [6.45, 7) is 9.13. The van der Waals surface area contributed by atoms with Crippen molar-refractivity contribution in [2.75, 3.05) is 6.54 Å². The Morgan fingerprint density at radius 1 is 1.62 bits per heavy atom. The average Bonchev–Trinajstić information content (AvgIpc) is 2.68.